The van der Waals surface area contributed by atoms with Gasteiger partial charge in [0.15, 0.2) is 0 Å². The summed E-state index contributed by atoms with van der Waals surface area (Å²) < 4.78 is 12.2. The molecule has 526 valence electrons. The zero-order valence-corrected chi connectivity index (χ0v) is 71.2. The summed E-state index contributed by atoms with van der Waals surface area (Å²) in [5.74, 6) is 0. The Morgan fingerprint density at radius 1 is 0.245 bits per heavy atom. The summed E-state index contributed by atoms with van der Waals surface area (Å²) in [6, 6.07) is 91.3. The van der Waals surface area contributed by atoms with Crippen molar-refractivity contribution in [2.75, 3.05) is 52.1 Å². The van der Waals surface area contributed by atoms with Gasteiger partial charge in [-0.05, 0) is 111 Å². The van der Waals surface area contributed by atoms with Gasteiger partial charge in [0, 0.05) is 139 Å². The fourth-order valence-electron chi connectivity index (χ4n) is 9.20. The van der Waals surface area contributed by atoms with E-state index in [0.717, 1.165) is 70.8 Å². The Balaban J connectivity index is -0.000000570. The van der Waals surface area contributed by atoms with E-state index in [4.69, 9.17) is 8.83 Å². The van der Waals surface area contributed by atoms with Crippen LogP contribution in [0.1, 0.15) is 161 Å². The number of benzene rings is 10. The van der Waals surface area contributed by atoms with Crippen LogP contribution in [0.3, 0.4) is 0 Å². The first-order valence-electron chi connectivity index (χ1n) is 35.7. The van der Waals surface area contributed by atoms with E-state index in [9.17, 15) is 0 Å². The minimum Gasteiger partial charge on any atom is -0.456 e. The largest absolute Gasteiger partial charge is 0.456 e. The Morgan fingerprint density at radius 3 is 0.755 bits per heavy atom. The van der Waals surface area contributed by atoms with Gasteiger partial charge < -0.3 is 28.4 Å². The fourth-order valence-corrected chi connectivity index (χ4v) is 9.20. The van der Waals surface area contributed by atoms with Crippen molar-refractivity contribution in [1.29, 1.82) is 0 Å². The molecule has 12 rings (SSSR count). The van der Waals surface area contributed by atoms with Crippen LogP contribution in [-0.4, -0.2) is 52.1 Å². The number of para-hydroxylation sites is 2. The second-order valence-electron chi connectivity index (χ2n) is 19.5. The van der Waals surface area contributed by atoms with Gasteiger partial charge in [0.1, 0.15) is 22.3 Å². The van der Waals surface area contributed by atoms with E-state index in [-0.39, 0.29) is 65.4 Å². The van der Waals surface area contributed by atoms with Crippen LogP contribution in [0.5, 0.6) is 0 Å². The van der Waals surface area contributed by atoms with Crippen molar-refractivity contribution in [2.45, 2.75) is 165 Å². The third kappa shape index (κ3) is 35.0. The Morgan fingerprint density at radius 2 is 0.490 bits per heavy atom. The van der Waals surface area contributed by atoms with E-state index in [1.807, 2.05) is 248 Å². The van der Waals surface area contributed by atoms with Gasteiger partial charge in [0.05, 0.1) is 0 Å². The zero-order chi connectivity index (χ0) is 72.6. The van der Waals surface area contributed by atoms with Crippen molar-refractivity contribution in [1.82, 2.24) is 9.80 Å². The molecule has 98 heavy (non-hydrogen) atoms. The molecular formula is C90H124N4O2Y2-4. The van der Waals surface area contributed by atoms with E-state index in [1.165, 1.54) is 55.2 Å². The number of hydrogen-bond donors (Lipinski definition) is 0. The summed E-state index contributed by atoms with van der Waals surface area (Å²) in [4.78, 5) is 8.86. The van der Waals surface area contributed by atoms with E-state index >= 15 is 0 Å². The minimum absolute atomic E-state index is 0. The molecule has 0 bridgehead atoms. The third-order valence-corrected chi connectivity index (χ3v) is 12.8. The van der Waals surface area contributed by atoms with Crippen LogP contribution in [0, 0.1) is 24.3 Å². The molecule has 2 aromatic heterocycles. The van der Waals surface area contributed by atoms with Crippen LogP contribution in [0.2, 0.25) is 0 Å². The van der Waals surface area contributed by atoms with Gasteiger partial charge in [0.25, 0.3) is 0 Å². The van der Waals surface area contributed by atoms with E-state index in [0.29, 0.717) is 0 Å². The molecule has 0 aliphatic rings. The molecule has 6 nitrogen and oxygen atoms in total. The van der Waals surface area contributed by atoms with Crippen LogP contribution in [0.4, 0.5) is 11.4 Å². The van der Waals surface area contributed by atoms with Gasteiger partial charge in [0.2, 0.25) is 0 Å². The van der Waals surface area contributed by atoms with Crippen LogP contribution < -0.4 is 9.80 Å². The summed E-state index contributed by atoms with van der Waals surface area (Å²) in [5, 5.41) is 4.76. The molecule has 2 radical (unpaired) electrons. The molecule has 0 amide bonds. The van der Waals surface area contributed by atoms with Crippen molar-refractivity contribution in [3.63, 3.8) is 0 Å². The van der Waals surface area contributed by atoms with Crippen LogP contribution in [-0.2, 0) is 91.6 Å². The molecule has 2 heterocycles. The average Bonchev–Trinajstić information content (AvgIpc) is 1.64. The topological polar surface area (TPSA) is 39.2 Å². The molecule has 0 unspecified atom stereocenters. The maximum absolute atomic E-state index is 6.11. The predicted octanol–water partition coefficient (Wildman–Crippen LogP) is 26.7. The van der Waals surface area contributed by atoms with Crippen LogP contribution >= 0.6 is 0 Å². The molecule has 8 heteroatoms. The molecule has 12 aromatic rings. The molecule has 0 fully saturated rings. The number of furan rings is 2. The molecule has 0 saturated carbocycles. The summed E-state index contributed by atoms with van der Waals surface area (Å²) in [6.45, 7) is 43.6. The first-order chi connectivity index (χ1) is 47.1. The Hall–Kier alpha value is -6.47. The number of fused-ring (bicyclic) bond motifs is 6. The van der Waals surface area contributed by atoms with E-state index in [2.05, 4.69) is 207 Å². The van der Waals surface area contributed by atoms with Gasteiger partial charge in [-0.3, -0.25) is 0 Å². The molecule has 10 aromatic carbocycles. The number of hydrogen-bond acceptors (Lipinski definition) is 6. The van der Waals surface area contributed by atoms with Crippen molar-refractivity contribution >= 4 is 55.3 Å². The van der Waals surface area contributed by atoms with Gasteiger partial charge >= 0.3 is 0 Å². The molecule has 0 aliphatic heterocycles. The zero-order valence-electron chi connectivity index (χ0n) is 65.5. The van der Waals surface area contributed by atoms with Gasteiger partial charge in [-0.1, -0.05) is 211 Å². The van der Waals surface area contributed by atoms with E-state index in [1.54, 1.807) is 0 Å². The summed E-state index contributed by atoms with van der Waals surface area (Å²) in [6.07, 6.45) is 0. The molecule has 0 spiro atoms. The van der Waals surface area contributed by atoms with Crippen molar-refractivity contribution in [3.05, 3.63) is 277 Å². The number of nitrogens with zero attached hydrogens (tertiary/aromatic N) is 4. The molecule has 0 saturated heterocycles. The molecule has 0 atom stereocenters. The monoisotopic (exact) mass is 1470 g/mol. The summed E-state index contributed by atoms with van der Waals surface area (Å²) in [5.41, 5.74) is 15.7. The number of rotatable bonds is 12. The second-order valence-corrected chi connectivity index (χ2v) is 19.5. The Bertz CT molecular complexity index is 3540. The Kier molecular flexibility index (Phi) is 62.7. The molecular weight excluding hydrogens is 1350 g/mol. The standard InChI is InChI=1S/2C23H24N2O.2C12H8.10C2H6.2Y/c1-24(2)15-18-9-11-20-21-13-17(10-12-22(21)26-23(20)14-18)16-25(3)19-7-5-4-6-8-19;1-24(2)15-17-10-12-22-21(13-17)20-11-9-18(14-23(20)26-22)16-25(3)19-7-5-4-6-8-19;2*1-3-7-11(8-4-1)12-9-5-2-6-10-12;10*1-2;;/h2*4-14H,15-16H2,1-3H3;2*1-7,9H;10*1-2H3;;/q;;2*-2;;;;;;;;;;;;. The quantitative estimate of drug-likeness (QED) is 0.114. The van der Waals surface area contributed by atoms with E-state index < -0.39 is 0 Å². The SMILES string of the molecule is CC.CC.CC.CC.CC.CC.CC.CC.CC.CC.CN(C)Cc1ccc2c(c1)oc1ccc(CN(C)c3ccccc3)cc12.CN(C)Cc1ccc2oc3cc(CN(C)c4ccccc4)ccc3c2c1.[Y].[Y].[c-]1ccccc1-c1[c-]cccc1.[c-]1ccccc1-c1[c-]cccc1. The average molecular weight is 1470 g/mol. The molecule has 0 N–H and O–H groups in total. The summed E-state index contributed by atoms with van der Waals surface area (Å²) in [7, 11) is 12.6. The van der Waals surface area contributed by atoms with Gasteiger partial charge in [-0.25, -0.2) is 22.3 Å². The fraction of sp³-hybridized carbons (Fsp3) is 0.333. The molecule has 0 aliphatic carbocycles. The first kappa shape index (κ1) is 97.9. The normalized spacial score (nSPS) is 9.10. The van der Waals surface area contributed by atoms with Crippen molar-refractivity contribution < 1.29 is 74.3 Å². The van der Waals surface area contributed by atoms with Crippen LogP contribution in [0.25, 0.3) is 66.1 Å². The first-order valence-corrected chi connectivity index (χ1v) is 35.7. The maximum Gasteiger partial charge on any atom is 0.135 e. The minimum atomic E-state index is 0. The summed E-state index contributed by atoms with van der Waals surface area (Å²) >= 11 is 0. The predicted molar refractivity (Wildman–Crippen MR) is 432 cm³/mol. The third-order valence-electron chi connectivity index (χ3n) is 12.8. The van der Waals surface area contributed by atoms with Crippen molar-refractivity contribution in [3.8, 4) is 22.3 Å². The number of anilines is 2. The maximum atomic E-state index is 6.11. The van der Waals surface area contributed by atoms with Gasteiger partial charge in [-0.2, -0.15) is 97.1 Å². The van der Waals surface area contributed by atoms with Crippen molar-refractivity contribution in [2.24, 2.45) is 0 Å². The van der Waals surface area contributed by atoms with Gasteiger partial charge in [-0.15, -0.1) is 24.3 Å². The smallest absolute Gasteiger partial charge is 0.135 e. The van der Waals surface area contributed by atoms with Crippen LogP contribution in [0.15, 0.2) is 239 Å². The second kappa shape index (κ2) is 62.8. The Labute approximate surface area is 649 Å².